The second-order valence-electron chi connectivity index (χ2n) is 5.18. The minimum Gasteiger partial charge on any atom is -0.309 e. The first-order valence-corrected chi connectivity index (χ1v) is 6.14. The van der Waals surface area contributed by atoms with Crippen molar-refractivity contribution in [3.63, 3.8) is 0 Å². The largest absolute Gasteiger partial charge is 0.309 e. The van der Waals surface area contributed by atoms with Gasteiger partial charge in [-0.1, -0.05) is 19.1 Å². The minimum absolute atomic E-state index is 0.193. The first kappa shape index (κ1) is 12.7. The van der Waals surface area contributed by atoms with Crippen molar-refractivity contribution in [1.82, 2.24) is 10.2 Å². The zero-order chi connectivity index (χ0) is 11.5. The van der Waals surface area contributed by atoms with Gasteiger partial charge in [-0.05, 0) is 53.2 Å². The lowest BCUT2D eigenvalue weighted by Gasteiger charge is -2.43. The molecule has 1 N–H and O–H groups in total. The summed E-state index contributed by atoms with van der Waals surface area (Å²) in [7, 11) is 0. The lowest BCUT2D eigenvalue weighted by Crippen LogP contribution is -2.57. The highest BCUT2D eigenvalue weighted by molar-refractivity contribution is 5.12. The molecule has 0 bridgehead atoms. The number of likely N-dealkylation sites (N-methyl/N-ethyl adjacent to an activating group) is 1. The Balaban J connectivity index is 2.74. The van der Waals surface area contributed by atoms with E-state index in [4.69, 9.17) is 0 Å². The van der Waals surface area contributed by atoms with E-state index < -0.39 is 0 Å². The predicted molar refractivity (Wildman–Crippen MR) is 67.2 cm³/mol. The molecule has 1 aliphatic heterocycles. The summed E-state index contributed by atoms with van der Waals surface area (Å²) in [6.07, 6.45) is 2.69. The van der Waals surface area contributed by atoms with E-state index in [1.165, 1.54) is 31.5 Å². The molecule has 0 aromatic rings. The Hall–Kier alpha value is -0.340. The Labute approximate surface area is 94.7 Å². The summed E-state index contributed by atoms with van der Waals surface area (Å²) in [5, 5.41) is 3.56. The van der Waals surface area contributed by atoms with Crippen LogP contribution in [0.4, 0.5) is 0 Å². The van der Waals surface area contributed by atoms with Crippen LogP contribution in [0.5, 0.6) is 0 Å². The van der Waals surface area contributed by atoms with Crippen LogP contribution < -0.4 is 5.32 Å². The van der Waals surface area contributed by atoms with Gasteiger partial charge in [-0.15, -0.1) is 0 Å². The van der Waals surface area contributed by atoms with E-state index in [1.54, 1.807) is 0 Å². The van der Waals surface area contributed by atoms with Crippen molar-refractivity contribution < 1.29 is 0 Å². The van der Waals surface area contributed by atoms with Gasteiger partial charge in [-0.3, -0.25) is 4.90 Å². The van der Waals surface area contributed by atoms with Crippen LogP contribution >= 0.6 is 0 Å². The molecule has 2 heteroatoms. The fourth-order valence-electron chi connectivity index (χ4n) is 2.71. The minimum atomic E-state index is 0.193. The fourth-order valence-corrected chi connectivity index (χ4v) is 2.71. The summed E-state index contributed by atoms with van der Waals surface area (Å²) < 4.78 is 0. The lowest BCUT2D eigenvalue weighted by atomic mass is 9.88. The van der Waals surface area contributed by atoms with Crippen LogP contribution in [-0.2, 0) is 0 Å². The van der Waals surface area contributed by atoms with Crippen molar-refractivity contribution in [2.24, 2.45) is 0 Å². The quantitative estimate of drug-likeness (QED) is 0.701. The zero-order valence-electron chi connectivity index (χ0n) is 10.8. The molecule has 1 rings (SSSR count). The van der Waals surface area contributed by atoms with Crippen LogP contribution in [0.1, 0.15) is 40.5 Å². The van der Waals surface area contributed by atoms with Gasteiger partial charge in [0.25, 0.3) is 0 Å². The van der Waals surface area contributed by atoms with Gasteiger partial charge in [0.2, 0.25) is 0 Å². The van der Waals surface area contributed by atoms with Crippen LogP contribution in [-0.4, -0.2) is 36.1 Å². The normalized spacial score (nSPS) is 20.5. The number of hydrogen-bond donors (Lipinski definition) is 1. The second-order valence-corrected chi connectivity index (χ2v) is 5.18. The van der Waals surface area contributed by atoms with Crippen molar-refractivity contribution in [1.29, 1.82) is 0 Å². The topological polar surface area (TPSA) is 15.3 Å². The molecule has 1 aliphatic rings. The smallest absolute Gasteiger partial charge is 0.0455 e. The molecule has 0 saturated carbocycles. The highest BCUT2D eigenvalue weighted by Gasteiger charge is 2.36. The predicted octanol–water partition coefficient (Wildman–Crippen LogP) is 2.42. The lowest BCUT2D eigenvalue weighted by molar-refractivity contribution is 0.122. The molecule has 0 aromatic carbocycles. The molecule has 0 aliphatic carbocycles. The van der Waals surface area contributed by atoms with Crippen molar-refractivity contribution >= 4 is 0 Å². The third-order valence-corrected chi connectivity index (χ3v) is 3.53. The number of rotatable bonds is 5. The van der Waals surface area contributed by atoms with Gasteiger partial charge in [0.1, 0.15) is 0 Å². The molecule has 1 atom stereocenters. The van der Waals surface area contributed by atoms with Gasteiger partial charge in [0, 0.05) is 11.6 Å². The van der Waals surface area contributed by atoms with Crippen molar-refractivity contribution in [3.05, 3.63) is 12.2 Å². The van der Waals surface area contributed by atoms with Crippen molar-refractivity contribution in [3.8, 4) is 0 Å². The Morgan fingerprint density at radius 2 is 1.93 bits per heavy atom. The highest BCUT2D eigenvalue weighted by atomic mass is 15.2. The molecule has 1 heterocycles. The average Bonchev–Trinajstić information content (AvgIpc) is 2.66. The third-order valence-electron chi connectivity index (χ3n) is 3.53. The molecule has 0 radical (unpaired) electrons. The monoisotopic (exact) mass is 210 g/mol. The molecule has 1 unspecified atom stereocenters. The maximum absolute atomic E-state index is 4.12. The number of likely N-dealkylation sites (tertiary alicyclic amines) is 1. The standard InChI is InChI=1S/C13H26N2/c1-6-14-12(11(2)3)13(4,5)15-9-7-8-10-15/h12,14H,2,6-10H2,1,3-5H3. The van der Waals surface area contributed by atoms with Crippen LogP contribution in [0.2, 0.25) is 0 Å². The highest BCUT2D eigenvalue weighted by Crippen LogP contribution is 2.27. The van der Waals surface area contributed by atoms with Gasteiger partial charge in [-0.2, -0.15) is 0 Å². The zero-order valence-corrected chi connectivity index (χ0v) is 10.8. The number of nitrogens with zero attached hydrogens (tertiary/aromatic N) is 1. The van der Waals surface area contributed by atoms with E-state index >= 15 is 0 Å². The van der Waals surface area contributed by atoms with Gasteiger partial charge < -0.3 is 5.32 Å². The summed E-state index contributed by atoms with van der Waals surface area (Å²) in [5.41, 5.74) is 1.44. The van der Waals surface area contributed by atoms with E-state index in [2.05, 4.69) is 44.5 Å². The molecular formula is C13H26N2. The van der Waals surface area contributed by atoms with Crippen LogP contribution in [0.25, 0.3) is 0 Å². The number of hydrogen-bond acceptors (Lipinski definition) is 2. The van der Waals surface area contributed by atoms with E-state index in [0.29, 0.717) is 6.04 Å². The average molecular weight is 210 g/mol. The van der Waals surface area contributed by atoms with E-state index in [9.17, 15) is 0 Å². The molecule has 88 valence electrons. The third kappa shape index (κ3) is 2.82. The molecular weight excluding hydrogens is 184 g/mol. The van der Waals surface area contributed by atoms with E-state index in [-0.39, 0.29) is 5.54 Å². The maximum Gasteiger partial charge on any atom is 0.0455 e. The Kier molecular flexibility index (Phi) is 4.35. The first-order valence-electron chi connectivity index (χ1n) is 6.14. The molecule has 0 amide bonds. The van der Waals surface area contributed by atoms with E-state index in [1.807, 2.05) is 0 Å². The summed E-state index contributed by atoms with van der Waals surface area (Å²) in [6.45, 7) is 16.6. The van der Waals surface area contributed by atoms with Gasteiger partial charge in [0.05, 0.1) is 0 Å². The first-order chi connectivity index (χ1) is 7.00. The van der Waals surface area contributed by atoms with Gasteiger partial charge in [0.15, 0.2) is 0 Å². The van der Waals surface area contributed by atoms with Crippen LogP contribution in [0.3, 0.4) is 0 Å². The van der Waals surface area contributed by atoms with Gasteiger partial charge >= 0.3 is 0 Å². The Bertz CT molecular complexity index is 215. The molecule has 1 fully saturated rings. The molecule has 0 spiro atoms. The van der Waals surface area contributed by atoms with Crippen molar-refractivity contribution in [2.45, 2.75) is 52.1 Å². The molecule has 0 aromatic heterocycles. The van der Waals surface area contributed by atoms with E-state index in [0.717, 1.165) is 6.54 Å². The SMILES string of the molecule is C=C(C)C(NCC)C(C)(C)N1CCCC1. The summed E-state index contributed by atoms with van der Waals surface area (Å²) in [6, 6.07) is 0.403. The Morgan fingerprint density at radius 1 is 1.40 bits per heavy atom. The maximum atomic E-state index is 4.12. The van der Waals surface area contributed by atoms with Crippen LogP contribution in [0.15, 0.2) is 12.2 Å². The summed E-state index contributed by atoms with van der Waals surface area (Å²) in [5.74, 6) is 0. The number of nitrogens with one attached hydrogen (secondary N) is 1. The fraction of sp³-hybridized carbons (Fsp3) is 0.846. The van der Waals surface area contributed by atoms with Gasteiger partial charge in [-0.25, -0.2) is 0 Å². The van der Waals surface area contributed by atoms with Crippen LogP contribution in [0, 0.1) is 0 Å². The molecule has 2 nitrogen and oxygen atoms in total. The summed E-state index contributed by atoms with van der Waals surface area (Å²) in [4.78, 5) is 2.59. The Morgan fingerprint density at radius 3 is 2.33 bits per heavy atom. The van der Waals surface area contributed by atoms with Crippen molar-refractivity contribution in [2.75, 3.05) is 19.6 Å². The molecule has 1 saturated heterocycles. The second kappa shape index (κ2) is 5.13. The summed E-state index contributed by atoms with van der Waals surface area (Å²) >= 11 is 0. The molecule has 15 heavy (non-hydrogen) atoms.